The van der Waals surface area contributed by atoms with E-state index in [0.717, 1.165) is 17.8 Å². The van der Waals surface area contributed by atoms with Gasteiger partial charge in [0.05, 0.1) is 6.54 Å². The summed E-state index contributed by atoms with van der Waals surface area (Å²) in [4.78, 5) is 10.6. The number of benzene rings is 1. The van der Waals surface area contributed by atoms with Gasteiger partial charge in [0.2, 0.25) is 5.88 Å². The molecule has 0 spiro atoms. The highest BCUT2D eigenvalue weighted by Crippen LogP contribution is 2.11. The molecule has 0 saturated heterocycles. The van der Waals surface area contributed by atoms with Gasteiger partial charge in [-0.2, -0.15) is 0 Å². The van der Waals surface area contributed by atoms with Crippen LogP contribution in [0.25, 0.3) is 0 Å². The van der Waals surface area contributed by atoms with E-state index in [0.29, 0.717) is 25.0 Å². The van der Waals surface area contributed by atoms with Gasteiger partial charge in [0.1, 0.15) is 6.61 Å². The van der Waals surface area contributed by atoms with Crippen molar-refractivity contribution in [2.45, 2.75) is 13.5 Å². The Bertz CT molecular complexity index is 667. The zero-order chi connectivity index (χ0) is 17.4. The van der Waals surface area contributed by atoms with Gasteiger partial charge in [-0.15, -0.1) is 0 Å². The summed E-state index contributed by atoms with van der Waals surface area (Å²) in [5, 5.41) is 3.08. The molecule has 0 radical (unpaired) electrons. The Kier molecular flexibility index (Phi) is 6.57. The molecule has 6 heteroatoms. The molecule has 0 fully saturated rings. The molecule has 1 aromatic carbocycles. The summed E-state index contributed by atoms with van der Waals surface area (Å²) in [6.45, 7) is 3.96. The Morgan fingerprint density at radius 1 is 1.25 bits per heavy atom. The largest absolute Gasteiger partial charge is 0.476 e. The van der Waals surface area contributed by atoms with Crippen molar-refractivity contribution in [3.8, 4) is 5.88 Å². The summed E-state index contributed by atoms with van der Waals surface area (Å²) in [7, 11) is 4.01. The number of hydrogen-bond donors (Lipinski definition) is 2. The number of anilines is 1. The minimum atomic E-state index is 0.380. The Balaban J connectivity index is 1.89. The first-order valence-electron chi connectivity index (χ1n) is 7.89. The molecule has 3 N–H and O–H groups in total. The maximum absolute atomic E-state index is 5.93. The Morgan fingerprint density at radius 3 is 2.71 bits per heavy atom. The van der Waals surface area contributed by atoms with Crippen molar-refractivity contribution in [1.29, 1.82) is 0 Å². The van der Waals surface area contributed by atoms with E-state index in [2.05, 4.69) is 20.2 Å². The van der Waals surface area contributed by atoms with E-state index >= 15 is 0 Å². The van der Waals surface area contributed by atoms with E-state index in [9.17, 15) is 0 Å². The normalized spacial score (nSPS) is 11.6. The topological polar surface area (TPSA) is 75.8 Å². The number of nitrogens with one attached hydrogen (secondary N) is 1. The molecule has 0 aliphatic rings. The van der Waals surface area contributed by atoms with E-state index in [-0.39, 0.29) is 0 Å². The van der Waals surface area contributed by atoms with Gasteiger partial charge in [0, 0.05) is 24.5 Å². The molecular formula is C18H25N5O. The molecule has 128 valence electrons. The van der Waals surface area contributed by atoms with Crippen LogP contribution >= 0.6 is 0 Å². The predicted octanol–water partition coefficient (Wildman–Crippen LogP) is 2.26. The molecule has 2 rings (SSSR count). The molecule has 0 saturated carbocycles. The highest BCUT2D eigenvalue weighted by Gasteiger charge is 2.00. The van der Waals surface area contributed by atoms with Crippen molar-refractivity contribution in [2.24, 2.45) is 10.7 Å². The lowest BCUT2D eigenvalue weighted by Crippen LogP contribution is -2.22. The van der Waals surface area contributed by atoms with Crippen LogP contribution in [0.2, 0.25) is 0 Å². The number of aliphatic imine (C=N–C) groups is 1. The molecule has 0 amide bonds. The molecule has 0 atom stereocenters. The third-order valence-electron chi connectivity index (χ3n) is 3.34. The minimum Gasteiger partial charge on any atom is -0.476 e. The number of pyridine rings is 1. The van der Waals surface area contributed by atoms with Gasteiger partial charge in [-0.1, -0.05) is 17.7 Å². The summed E-state index contributed by atoms with van der Waals surface area (Å²) in [5.41, 5.74) is 9.05. The summed E-state index contributed by atoms with van der Waals surface area (Å²) >= 11 is 0. The zero-order valence-electron chi connectivity index (χ0n) is 14.5. The van der Waals surface area contributed by atoms with Crippen molar-refractivity contribution in [2.75, 3.05) is 32.6 Å². The van der Waals surface area contributed by atoms with Crippen molar-refractivity contribution in [3.63, 3.8) is 0 Å². The number of aromatic nitrogens is 1. The second-order valence-corrected chi connectivity index (χ2v) is 5.85. The van der Waals surface area contributed by atoms with Gasteiger partial charge in [0.25, 0.3) is 0 Å². The lowest BCUT2D eigenvalue weighted by atomic mass is 10.2. The maximum atomic E-state index is 5.93. The highest BCUT2D eigenvalue weighted by molar-refractivity contribution is 5.92. The molecule has 0 unspecified atom stereocenters. The van der Waals surface area contributed by atoms with E-state index < -0.39 is 0 Å². The molecule has 1 heterocycles. The van der Waals surface area contributed by atoms with E-state index in [1.165, 1.54) is 5.56 Å². The van der Waals surface area contributed by atoms with Crippen molar-refractivity contribution >= 4 is 11.6 Å². The van der Waals surface area contributed by atoms with Gasteiger partial charge < -0.3 is 20.7 Å². The second-order valence-electron chi connectivity index (χ2n) is 5.85. The number of nitrogens with zero attached hydrogens (tertiary/aromatic N) is 3. The fourth-order valence-corrected chi connectivity index (χ4v) is 1.96. The zero-order valence-corrected chi connectivity index (χ0v) is 14.5. The average molecular weight is 327 g/mol. The maximum Gasteiger partial charge on any atom is 0.213 e. The number of guanidine groups is 1. The third kappa shape index (κ3) is 6.26. The molecule has 0 aliphatic carbocycles. The van der Waals surface area contributed by atoms with Gasteiger partial charge in [-0.25, -0.2) is 9.98 Å². The molecule has 6 nitrogen and oxygen atoms in total. The van der Waals surface area contributed by atoms with Crippen molar-refractivity contribution < 1.29 is 4.74 Å². The minimum absolute atomic E-state index is 0.380. The van der Waals surface area contributed by atoms with Crippen molar-refractivity contribution in [1.82, 2.24) is 9.88 Å². The lowest BCUT2D eigenvalue weighted by molar-refractivity contribution is 0.253. The Morgan fingerprint density at radius 2 is 2.00 bits per heavy atom. The molecule has 0 aliphatic heterocycles. The fraction of sp³-hybridized carbons (Fsp3) is 0.333. The Hall–Kier alpha value is -2.60. The summed E-state index contributed by atoms with van der Waals surface area (Å²) < 4.78 is 5.62. The van der Waals surface area contributed by atoms with Crippen LogP contribution in [-0.2, 0) is 6.54 Å². The van der Waals surface area contributed by atoms with E-state index in [1.807, 2.05) is 57.4 Å². The van der Waals surface area contributed by atoms with Crippen LogP contribution in [0.3, 0.4) is 0 Å². The SMILES string of the molecule is Cc1ccc(NC(N)=NCc2ccnc(OCCN(C)C)c2)cc1. The molecule has 2 aromatic rings. The number of ether oxygens (including phenoxy) is 1. The molecule has 1 aromatic heterocycles. The van der Waals surface area contributed by atoms with Gasteiger partial charge in [-0.3, -0.25) is 0 Å². The average Bonchev–Trinajstić information content (AvgIpc) is 2.55. The summed E-state index contributed by atoms with van der Waals surface area (Å²) in [6.07, 6.45) is 1.72. The molecule has 24 heavy (non-hydrogen) atoms. The number of rotatable bonds is 7. The monoisotopic (exact) mass is 327 g/mol. The fourth-order valence-electron chi connectivity index (χ4n) is 1.96. The Labute approximate surface area is 143 Å². The van der Waals surface area contributed by atoms with Crippen LogP contribution in [0.4, 0.5) is 5.69 Å². The second kappa shape index (κ2) is 8.88. The first-order valence-corrected chi connectivity index (χ1v) is 7.89. The van der Waals surface area contributed by atoms with Crippen LogP contribution in [0.1, 0.15) is 11.1 Å². The van der Waals surface area contributed by atoms with E-state index in [4.69, 9.17) is 10.5 Å². The van der Waals surface area contributed by atoms with Gasteiger partial charge in [0.15, 0.2) is 5.96 Å². The van der Waals surface area contributed by atoms with E-state index in [1.54, 1.807) is 6.20 Å². The highest BCUT2D eigenvalue weighted by atomic mass is 16.5. The van der Waals surface area contributed by atoms with Crippen LogP contribution in [-0.4, -0.2) is 43.1 Å². The third-order valence-corrected chi connectivity index (χ3v) is 3.34. The standard InChI is InChI=1S/C18H25N5O/c1-14-4-6-16(7-5-14)22-18(19)21-13-15-8-9-20-17(12-15)24-11-10-23(2)3/h4-9,12H,10-11,13H2,1-3H3,(H3,19,21,22). The van der Waals surface area contributed by atoms with Crippen LogP contribution in [0.5, 0.6) is 5.88 Å². The summed E-state index contributed by atoms with van der Waals surface area (Å²) in [6, 6.07) is 11.8. The van der Waals surface area contributed by atoms with Crippen molar-refractivity contribution in [3.05, 3.63) is 53.7 Å². The van der Waals surface area contributed by atoms with Gasteiger partial charge >= 0.3 is 0 Å². The van der Waals surface area contributed by atoms with Crippen LogP contribution in [0.15, 0.2) is 47.6 Å². The number of hydrogen-bond acceptors (Lipinski definition) is 4. The quantitative estimate of drug-likeness (QED) is 0.602. The lowest BCUT2D eigenvalue weighted by Gasteiger charge is -2.10. The molecular weight excluding hydrogens is 302 g/mol. The van der Waals surface area contributed by atoms with Crippen LogP contribution < -0.4 is 15.8 Å². The number of nitrogens with two attached hydrogens (primary N) is 1. The number of aryl methyl sites for hydroxylation is 1. The summed E-state index contributed by atoms with van der Waals surface area (Å²) in [5.74, 6) is 0.986. The first-order chi connectivity index (χ1) is 11.5. The van der Waals surface area contributed by atoms with Crippen LogP contribution in [0, 0.1) is 6.92 Å². The molecule has 0 bridgehead atoms. The first kappa shape index (κ1) is 17.7. The number of likely N-dealkylation sites (N-methyl/N-ethyl adjacent to an activating group) is 1. The van der Waals surface area contributed by atoms with Gasteiger partial charge in [-0.05, 0) is 44.8 Å². The smallest absolute Gasteiger partial charge is 0.213 e. The predicted molar refractivity (Wildman–Crippen MR) is 98.4 cm³/mol.